The molecule has 146 valence electrons. The Morgan fingerprint density at radius 2 is 1.89 bits per heavy atom. The lowest BCUT2D eigenvalue weighted by Gasteiger charge is -2.12. The highest BCUT2D eigenvalue weighted by atomic mass is 16.6. The van der Waals surface area contributed by atoms with Crippen LogP contribution < -0.4 is 14.8 Å². The highest BCUT2D eigenvalue weighted by molar-refractivity contribution is 5.99. The fraction of sp³-hybridized carbons (Fsp3) is 0.263. The first-order valence-electron chi connectivity index (χ1n) is 8.56. The number of benzene rings is 2. The number of carbonyl (C=O) groups excluding carboxylic acids is 1. The molecule has 0 radical (unpaired) electrons. The van der Waals surface area contributed by atoms with Crippen molar-refractivity contribution in [2.24, 2.45) is 0 Å². The Hall–Kier alpha value is -3.62. The molecule has 2 aromatic carbocycles. The van der Waals surface area contributed by atoms with Crippen LogP contribution in [0.1, 0.15) is 16.2 Å². The minimum Gasteiger partial charge on any atom is -0.493 e. The number of imidazole rings is 1. The SMILES string of the molecule is COc1cc(C(=O)NCCn2c(C)nc3ccccc32)c([N+](=O)[O-])cc1OC. The Bertz CT molecular complexity index is 1040. The number of hydrogen-bond acceptors (Lipinski definition) is 6. The van der Waals surface area contributed by atoms with E-state index in [2.05, 4.69) is 10.3 Å². The molecule has 3 aromatic rings. The van der Waals surface area contributed by atoms with Crippen LogP contribution in [0.3, 0.4) is 0 Å². The van der Waals surface area contributed by atoms with Gasteiger partial charge in [0.2, 0.25) is 0 Å². The van der Waals surface area contributed by atoms with Gasteiger partial charge in [-0.15, -0.1) is 0 Å². The fourth-order valence-electron chi connectivity index (χ4n) is 3.06. The van der Waals surface area contributed by atoms with E-state index in [9.17, 15) is 14.9 Å². The molecular weight excluding hydrogens is 364 g/mol. The van der Waals surface area contributed by atoms with Crippen molar-refractivity contribution in [2.45, 2.75) is 13.5 Å². The van der Waals surface area contributed by atoms with Gasteiger partial charge in [-0.3, -0.25) is 14.9 Å². The van der Waals surface area contributed by atoms with E-state index in [4.69, 9.17) is 9.47 Å². The van der Waals surface area contributed by atoms with E-state index >= 15 is 0 Å². The van der Waals surface area contributed by atoms with Crippen LogP contribution in [0.15, 0.2) is 36.4 Å². The number of amides is 1. The number of nitro benzene ring substituents is 1. The van der Waals surface area contributed by atoms with Gasteiger partial charge in [-0.05, 0) is 19.1 Å². The number of hydrogen-bond donors (Lipinski definition) is 1. The maximum Gasteiger partial charge on any atom is 0.286 e. The number of carbonyl (C=O) groups is 1. The second-order valence-electron chi connectivity index (χ2n) is 6.04. The molecule has 3 rings (SSSR count). The van der Waals surface area contributed by atoms with Crippen LogP contribution in [0.25, 0.3) is 11.0 Å². The van der Waals surface area contributed by atoms with Crippen molar-refractivity contribution in [2.75, 3.05) is 20.8 Å². The second-order valence-corrected chi connectivity index (χ2v) is 6.04. The van der Waals surface area contributed by atoms with E-state index in [1.165, 1.54) is 26.4 Å². The van der Waals surface area contributed by atoms with Crippen molar-refractivity contribution < 1.29 is 19.2 Å². The van der Waals surface area contributed by atoms with Gasteiger partial charge in [0.15, 0.2) is 11.5 Å². The Morgan fingerprint density at radius 1 is 1.21 bits per heavy atom. The summed E-state index contributed by atoms with van der Waals surface area (Å²) in [6.07, 6.45) is 0. The predicted molar refractivity (Wildman–Crippen MR) is 103 cm³/mol. The maximum atomic E-state index is 12.6. The average Bonchev–Trinajstić information content (AvgIpc) is 3.02. The molecule has 0 unspecified atom stereocenters. The van der Waals surface area contributed by atoms with Gasteiger partial charge in [0.25, 0.3) is 11.6 Å². The van der Waals surface area contributed by atoms with E-state index in [-0.39, 0.29) is 29.3 Å². The second kappa shape index (κ2) is 7.95. The van der Waals surface area contributed by atoms with Gasteiger partial charge in [0.1, 0.15) is 11.4 Å². The van der Waals surface area contributed by atoms with E-state index in [0.717, 1.165) is 16.9 Å². The van der Waals surface area contributed by atoms with Gasteiger partial charge >= 0.3 is 0 Å². The van der Waals surface area contributed by atoms with Gasteiger partial charge in [-0.1, -0.05) is 12.1 Å². The molecule has 0 aliphatic heterocycles. The number of para-hydroxylation sites is 2. The molecule has 0 fully saturated rings. The molecule has 1 aromatic heterocycles. The molecule has 0 saturated heterocycles. The summed E-state index contributed by atoms with van der Waals surface area (Å²) >= 11 is 0. The van der Waals surface area contributed by atoms with Gasteiger partial charge in [-0.2, -0.15) is 0 Å². The third kappa shape index (κ3) is 3.59. The highest BCUT2D eigenvalue weighted by Gasteiger charge is 2.24. The number of nitrogens with one attached hydrogen (secondary N) is 1. The summed E-state index contributed by atoms with van der Waals surface area (Å²) in [6.45, 7) is 2.66. The molecule has 9 nitrogen and oxygen atoms in total. The van der Waals surface area contributed by atoms with Crippen LogP contribution in [0.4, 0.5) is 5.69 Å². The summed E-state index contributed by atoms with van der Waals surface area (Å²) in [5, 5.41) is 14.1. The van der Waals surface area contributed by atoms with Crippen LogP contribution >= 0.6 is 0 Å². The molecule has 0 atom stereocenters. The summed E-state index contributed by atoms with van der Waals surface area (Å²) < 4.78 is 12.2. The molecule has 9 heteroatoms. The molecule has 0 bridgehead atoms. The lowest BCUT2D eigenvalue weighted by atomic mass is 10.1. The number of nitrogens with zero attached hydrogens (tertiary/aromatic N) is 3. The average molecular weight is 384 g/mol. The van der Waals surface area contributed by atoms with Crippen molar-refractivity contribution in [3.63, 3.8) is 0 Å². The van der Waals surface area contributed by atoms with Crippen molar-refractivity contribution in [3.05, 3.63) is 57.9 Å². The van der Waals surface area contributed by atoms with Gasteiger partial charge in [-0.25, -0.2) is 4.98 Å². The molecule has 0 aliphatic carbocycles. The number of aryl methyl sites for hydroxylation is 1. The first-order valence-corrected chi connectivity index (χ1v) is 8.56. The van der Waals surface area contributed by atoms with Crippen molar-refractivity contribution in [1.29, 1.82) is 0 Å². The molecule has 1 amide bonds. The molecule has 28 heavy (non-hydrogen) atoms. The van der Waals surface area contributed by atoms with Crippen LogP contribution in [0.5, 0.6) is 11.5 Å². The van der Waals surface area contributed by atoms with Crippen molar-refractivity contribution in [3.8, 4) is 11.5 Å². The Labute approximate surface area is 161 Å². The number of fused-ring (bicyclic) bond motifs is 1. The summed E-state index contributed by atoms with van der Waals surface area (Å²) in [6, 6.07) is 10.2. The van der Waals surface area contributed by atoms with E-state index < -0.39 is 10.8 Å². The van der Waals surface area contributed by atoms with E-state index in [1.807, 2.05) is 35.8 Å². The number of rotatable bonds is 7. The zero-order chi connectivity index (χ0) is 20.3. The number of nitro groups is 1. The summed E-state index contributed by atoms with van der Waals surface area (Å²) in [5.74, 6) is 0.697. The fourth-order valence-corrected chi connectivity index (χ4v) is 3.06. The first kappa shape index (κ1) is 19.2. The summed E-state index contributed by atoms with van der Waals surface area (Å²) in [4.78, 5) is 27.8. The largest absolute Gasteiger partial charge is 0.493 e. The Morgan fingerprint density at radius 3 is 2.57 bits per heavy atom. The number of aromatic nitrogens is 2. The predicted octanol–water partition coefficient (Wildman–Crippen LogP) is 2.70. The third-order valence-corrected chi connectivity index (χ3v) is 4.41. The third-order valence-electron chi connectivity index (χ3n) is 4.41. The van der Waals surface area contributed by atoms with Crippen molar-refractivity contribution >= 4 is 22.6 Å². The van der Waals surface area contributed by atoms with Crippen LogP contribution in [-0.2, 0) is 6.54 Å². The van der Waals surface area contributed by atoms with E-state index in [0.29, 0.717) is 6.54 Å². The highest BCUT2D eigenvalue weighted by Crippen LogP contribution is 2.34. The lowest BCUT2D eigenvalue weighted by molar-refractivity contribution is -0.385. The molecule has 0 saturated carbocycles. The minimum absolute atomic E-state index is 0.0881. The normalized spacial score (nSPS) is 10.7. The van der Waals surface area contributed by atoms with Crippen LogP contribution in [-0.4, -0.2) is 41.1 Å². The lowest BCUT2D eigenvalue weighted by Crippen LogP contribution is -2.28. The van der Waals surface area contributed by atoms with Gasteiger partial charge in [0.05, 0.1) is 36.2 Å². The Kier molecular flexibility index (Phi) is 5.44. The maximum absolute atomic E-state index is 12.6. The molecule has 1 N–H and O–H groups in total. The number of methoxy groups -OCH3 is 2. The molecular formula is C19H20N4O5. The smallest absolute Gasteiger partial charge is 0.286 e. The number of ether oxygens (including phenoxy) is 2. The molecule has 1 heterocycles. The molecule has 0 spiro atoms. The standard InChI is InChI=1S/C19H20N4O5/c1-12-21-14-6-4-5-7-15(14)22(12)9-8-20-19(24)13-10-17(27-2)18(28-3)11-16(13)23(25)26/h4-7,10-11H,8-9H2,1-3H3,(H,20,24). The van der Waals surface area contributed by atoms with Crippen LogP contribution in [0, 0.1) is 17.0 Å². The minimum atomic E-state index is -0.621. The van der Waals surface area contributed by atoms with Crippen molar-refractivity contribution in [1.82, 2.24) is 14.9 Å². The van der Waals surface area contributed by atoms with Crippen LogP contribution in [0.2, 0.25) is 0 Å². The quantitative estimate of drug-likeness (QED) is 0.496. The van der Waals surface area contributed by atoms with Gasteiger partial charge in [0, 0.05) is 19.2 Å². The zero-order valence-electron chi connectivity index (χ0n) is 15.8. The monoisotopic (exact) mass is 384 g/mol. The van der Waals surface area contributed by atoms with Gasteiger partial charge < -0.3 is 19.4 Å². The summed E-state index contributed by atoms with van der Waals surface area (Å²) in [7, 11) is 2.78. The first-order chi connectivity index (χ1) is 13.5. The Balaban J connectivity index is 1.79. The molecule has 0 aliphatic rings. The van der Waals surface area contributed by atoms with E-state index in [1.54, 1.807) is 0 Å². The zero-order valence-corrected chi connectivity index (χ0v) is 15.8. The summed E-state index contributed by atoms with van der Waals surface area (Å²) in [5.41, 5.74) is 1.41. The topological polar surface area (TPSA) is 109 Å².